The van der Waals surface area contributed by atoms with Gasteiger partial charge in [-0.05, 0) is 19.1 Å². The number of benzene rings is 1. The third-order valence-electron chi connectivity index (χ3n) is 2.84. The lowest BCUT2D eigenvalue weighted by molar-refractivity contribution is 0.0662. The van der Waals surface area contributed by atoms with E-state index in [9.17, 15) is 4.79 Å². The first-order chi connectivity index (χ1) is 9.65. The first-order valence-electron chi connectivity index (χ1n) is 5.96. The Morgan fingerprint density at radius 1 is 1.30 bits per heavy atom. The maximum Gasteiger partial charge on any atom is 0.373 e. The molecule has 2 aromatic heterocycles. The number of aromatic nitrogens is 3. The molecule has 0 aliphatic rings. The lowest BCUT2D eigenvalue weighted by Crippen LogP contribution is -1.95. The summed E-state index contributed by atoms with van der Waals surface area (Å²) in [5, 5.41) is 13.2. The molecule has 0 aliphatic heterocycles. The van der Waals surface area contributed by atoms with Crippen molar-refractivity contribution < 1.29 is 14.3 Å². The standard InChI is InChI=1S/C14H11N3O3/c1-9-12(14(18)19)20-13(16-9)10-7-15-17(8-10)11-5-3-2-4-6-11/h2-8H,1H3,(H,18,19). The zero-order valence-electron chi connectivity index (χ0n) is 10.6. The topological polar surface area (TPSA) is 81.2 Å². The van der Waals surface area contributed by atoms with Crippen molar-refractivity contribution in [2.45, 2.75) is 6.92 Å². The average Bonchev–Trinajstić information content (AvgIpc) is 3.06. The number of nitrogens with zero attached hydrogens (tertiary/aromatic N) is 3. The van der Waals surface area contributed by atoms with Gasteiger partial charge in [0.15, 0.2) is 0 Å². The van der Waals surface area contributed by atoms with Crippen LogP contribution in [-0.4, -0.2) is 25.8 Å². The first-order valence-corrected chi connectivity index (χ1v) is 5.96. The lowest BCUT2D eigenvalue weighted by atomic mass is 10.3. The Kier molecular flexibility index (Phi) is 2.83. The average molecular weight is 269 g/mol. The number of carboxylic acid groups (broad SMARTS) is 1. The van der Waals surface area contributed by atoms with Gasteiger partial charge in [-0.2, -0.15) is 5.10 Å². The molecular formula is C14H11N3O3. The van der Waals surface area contributed by atoms with E-state index in [4.69, 9.17) is 9.52 Å². The highest BCUT2D eigenvalue weighted by molar-refractivity contribution is 5.86. The minimum atomic E-state index is -1.13. The van der Waals surface area contributed by atoms with Crippen LogP contribution in [0.4, 0.5) is 0 Å². The molecule has 6 nitrogen and oxygen atoms in total. The third-order valence-corrected chi connectivity index (χ3v) is 2.84. The Morgan fingerprint density at radius 3 is 2.70 bits per heavy atom. The Bertz CT molecular complexity index is 759. The Morgan fingerprint density at radius 2 is 2.05 bits per heavy atom. The van der Waals surface area contributed by atoms with Crippen LogP contribution in [0.1, 0.15) is 16.2 Å². The molecule has 0 saturated heterocycles. The number of aryl methyl sites for hydroxylation is 1. The highest BCUT2D eigenvalue weighted by atomic mass is 16.4. The fourth-order valence-electron chi connectivity index (χ4n) is 1.87. The van der Waals surface area contributed by atoms with E-state index in [2.05, 4.69) is 10.1 Å². The maximum atomic E-state index is 10.9. The van der Waals surface area contributed by atoms with Crippen LogP contribution in [0.5, 0.6) is 0 Å². The molecule has 6 heteroatoms. The molecule has 0 spiro atoms. The van der Waals surface area contributed by atoms with Gasteiger partial charge in [0, 0.05) is 6.20 Å². The third kappa shape index (κ3) is 2.07. The Labute approximate surface area is 114 Å². The number of hydrogen-bond acceptors (Lipinski definition) is 4. The van der Waals surface area contributed by atoms with Crippen molar-refractivity contribution in [3.63, 3.8) is 0 Å². The second-order valence-electron chi connectivity index (χ2n) is 4.25. The molecule has 0 amide bonds. The van der Waals surface area contributed by atoms with Gasteiger partial charge in [0.25, 0.3) is 0 Å². The number of carbonyl (C=O) groups is 1. The number of oxazole rings is 1. The quantitative estimate of drug-likeness (QED) is 0.790. The van der Waals surface area contributed by atoms with Crippen molar-refractivity contribution >= 4 is 5.97 Å². The molecule has 3 rings (SSSR count). The second kappa shape index (κ2) is 4.65. The Balaban J connectivity index is 1.98. The van der Waals surface area contributed by atoms with Crippen LogP contribution in [0.25, 0.3) is 17.1 Å². The van der Waals surface area contributed by atoms with Gasteiger partial charge in [-0.3, -0.25) is 0 Å². The van der Waals surface area contributed by atoms with Crippen LogP contribution in [0.3, 0.4) is 0 Å². The highest BCUT2D eigenvalue weighted by Crippen LogP contribution is 2.22. The molecule has 3 aromatic rings. The van der Waals surface area contributed by atoms with Crippen molar-refractivity contribution in [1.82, 2.24) is 14.8 Å². The van der Waals surface area contributed by atoms with Gasteiger partial charge >= 0.3 is 5.97 Å². The number of hydrogen-bond donors (Lipinski definition) is 1. The normalized spacial score (nSPS) is 10.7. The monoisotopic (exact) mass is 269 g/mol. The summed E-state index contributed by atoms with van der Waals surface area (Å²) in [5.74, 6) is -1.02. The van der Waals surface area contributed by atoms with E-state index in [0.29, 0.717) is 11.3 Å². The number of rotatable bonds is 3. The minimum absolute atomic E-state index is 0.146. The van der Waals surface area contributed by atoms with Gasteiger partial charge in [-0.1, -0.05) is 18.2 Å². The summed E-state index contributed by atoms with van der Waals surface area (Å²) in [4.78, 5) is 15.0. The van der Waals surface area contributed by atoms with Crippen LogP contribution in [-0.2, 0) is 0 Å². The predicted molar refractivity (Wildman–Crippen MR) is 70.8 cm³/mol. The number of carboxylic acids is 1. The van der Waals surface area contributed by atoms with Gasteiger partial charge in [0.2, 0.25) is 11.7 Å². The summed E-state index contributed by atoms with van der Waals surface area (Å²) in [6.07, 6.45) is 3.33. The van der Waals surface area contributed by atoms with Crippen molar-refractivity contribution in [1.29, 1.82) is 0 Å². The smallest absolute Gasteiger partial charge is 0.373 e. The van der Waals surface area contributed by atoms with E-state index in [-0.39, 0.29) is 11.7 Å². The molecule has 100 valence electrons. The fourth-order valence-corrected chi connectivity index (χ4v) is 1.87. The molecule has 2 heterocycles. The van der Waals surface area contributed by atoms with Crippen LogP contribution >= 0.6 is 0 Å². The van der Waals surface area contributed by atoms with Crippen molar-refractivity contribution in [3.05, 3.63) is 54.2 Å². The molecular weight excluding hydrogens is 258 g/mol. The number of aromatic carboxylic acids is 1. The predicted octanol–water partition coefficient (Wildman–Crippen LogP) is 2.53. The molecule has 0 fully saturated rings. The summed E-state index contributed by atoms with van der Waals surface area (Å²) in [7, 11) is 0. The molecule has 1 aromatic carbocycles. The number of para-hydroxylation sites is 1. The summed E-state index contributed by atoms with van der Waals surface area (Å²) >= 11 is 0. The molecule has 20 heavy (non-hydrogen) atoms. The van der Waals surface area contributed by atoms with Gasteiger partial charge in [-0.25, -0.2) is 14.5 Å². The Hall–Kier alpha value is -2.89. The van der Waals surface area contributed by atoms with Crippen LogP contribution in [0.2, 0.25) is 0 Å². The molecule has 0 radical (unpaired) electrons. The SMILES string of the molecule is Cc1nc(-c2cnn(-c3ccccc3)c2)oc1C(=O)O. The van der Waals surface area contributed by atoms with E-state index >= 15 is 0 Å². The molecule has 0 aliphatic carbocycles. The van der Waals surface area contributed by atoms with Crippen LogP contribution < -0.4 is 0 Å². The zero-order valence-corrected chi connectivity index (χ0v) is 10.6. The minimum Gasteiger partial charge on any atom is -0.475 e. The molecule has 0 bridgehead atoms. The van der Waals surface area contributed by atoms with E-state index in [1.54, 1.807) is 24.0 Å². The van der Waals surface area contributed by atoms with Crippen molar-refractivity contribution in [2.75, 3.05) is 0 Å². The molecule has 0 saturated carbocycles. The van der Waals surface area contributed by atoms with E-state index < -0.39 is 5.97 Å². The summed E-state index contributed by atoms with van der Waals surface area (Å²) in [6, 6.07) is 9.58. The highest BCUT2D eigenvalue weighted by Gasteiger charge is 2.18. The van der Waals surface area contributed by atoms with Crippen LogP contribution in [0.15, 0.2) is 47.1 Å². The molecule has 0 atom stereocenters. The van der Waals surface area contributed by atoms with Gasteiger partial charge < -0.3 is 9.52 Å². The molecule has 0 unspecified atom stereocenters. The van der Waals surface area contributed by atoms with Crippen molar-refractivity contribution in [3.8, 4) is 17.1 Å². The summed E-state index contributed by atoms with van der Waals surface area (Å²) in [6.45, 7) is 1.60. The van der Waals surface area contributed by atoms with Crippen LogP contribution in [0, 0.1) is 6.92 Å². The lowest BCUT2D eigenvalue weighted by Gasteiger charge is -1.98. The van der Waals surface area contributed by atoms with E-state index in [1.165, 1.54) is 0 Å². The maximum absolute atomic E-state index is 10.9. The summed E-state index contributed by atoms with van der Waals surface area (Å²) < 4.78 is 6.92. The molecule has 1 N–H and O–H groups in total. The van der Waals surface area contributed by atoms with Gasteiger partial charge in [-0.15, -0.1) is 0 Å². The van der Waals surface area contributed by atoms with Crippen molar-refractivity contribution in [2.24, 2.45) is 0 Å². The fraction of sp³-hybridized carbons (Fsp3) is 0.0714. The second-order valence-corrected chi connectivity index (χ2v) is 4.25. The first kappa shape index (κ1) is 12.2. The van der Waals surface area contributed by atoms with E-state index in [0.717, 1.165) is 5.69 Å². The summed E-state index contributed by atoms with van der Waals surface area (Å²) in [5.41, 5.74) is 1.88. The largest absolute Gasteiger partial charge is 0.475 e. The van der Waals surface area contributed by atoms with Gasteiger partial charge in [0.1, 0.15) is 0 Å². The van der Waals surface area contributed by atoms with E-state index in [1.807, 2.05) is 30.3 Å². The van der Waals surface area contributed by atoms with Gasteiger partial charge in [0.05, 0.1) is 23.1 Å². The zero-order chi connectivity index (χ0) is 14.1.